The molecular formula is C32H30N2O3. The number of rotatable bonds is 5. The molecule has 5 heteroatoms. The number of hydrogen-bond acceptors (Lipinski definition) is 3. The van der Waals surface area contributed by atoms with E-state index in [1.807, 2.05) is 121 Å². The van der Waals surface area contributed by atoms with E-state index < -0.39 is 0 Å². The minimum atomic E-state index is -0.255. The molecule has 0 saturated carbocycles. The molecule has 0 unspecified atom stereocenters. The third kappa shape index (κ3) is 4.73. The second-order valence-electron chi connectivity index (χ2n) is 9.44. The highest BCUT2D eigenvalue weighted by Gasteiger charge is 2.39. The number of hydrogen-bond donors (Lipinski definition) is 0. The van der Waals surface area contributed by atoms with E-state index in [1.165, 1.54) is 0 Å². The van der Waals surface area contributed by atoms with Crippen molar-refractivity contribution in [1.82, 2.24) is 0 Å². The van der Waals surface area contributed by atoms with Gasteiger partial charge in [0.1, 0.15) is 5.75 Å². The molecular weight excluding hydrogens is 460 g/mol. The van der Waals surface area contributed by atoms with Crippen molar-refractivity contribution in [2.24, 2.45) is 0 Å². The molecule has 0 bridgehead atoms. The average molecular weight is 491 g/mol. The zero-order chi connectivity index (χ0) is 25.9. The van der Waals surface area contributed by atoms with E-state index in [-0.39, 0.29) is 23.9 Å². The lowest BCUT2D eigenvalue weighted by Gasteiger charge is -2.43. The maximum atomic E-state index is 14.1. The van der Waals surface area contributed by atoms with Gasteiger partial charge in [-0.3, -0.25) is 9.59 Å². The van der Waals surface area contributed by atoms with Gasteiger partial charge in [0.25, 0.3) is 11.8 Å². The normalized spacial score (nSPS) is 16.6. The van der Waals surface area contributed by atoms with Crippen molar-refractivity contribution in [1.29, 1.82) is 0 Å². The number of carbonyl (C=O) groups is 2. The Bertz CT molecular complexity index is 1420. The number of amides is 2. The fraction of sp³-hybridized carbons (Fsp3) is 0.188. The van der Waals surface area contributed by atoms with Crippen molar-refractivity contribution in [3.05, 3.63) is 125 Å². The van der Waals surface area contributed by atoms with E-state index in [4.69, 9.17) is 4.74 Å². The van der Waals surface area contributed by atoms with Gasteiger partial charge in [0, 0.05) is 28.5 Å². The van der Waals surface area contributed by atoms with Gasteiger partial charge in [0.2, 0.25) is 0 Å². The van der Waals surface area contributed by atoms with Crippen LogP contribution in [0.1, 0.15) is 51.2 Å². The van der Waals surface area contributed by atoms with E-state index in [2.05, 4.69) is 0 Å². The van der Waals surface area contributed by atoms with E-state index in [0.717, 1.165) is 22.5 Å². The average Bonchev–Trinajstić information content (AvgIpc) is 2.94. The van der Waals surface area contributed by atoms with E-state index in [9.17, 15) is 9.59 Å². The Labute approximate surface area is 217 Å². The molecule has 5 nitrogen and oxygen atoms in total. The van der Waals surface area contributed by atoms with Crippen LogP contribution in [0, 0.1) is 6.92 Å². The molecule has 2 atom stereocenters. The third-order valence-corrected chi connectivity index (χ3v) is 6.96. The second-order valence-corrected chi connectivity index (χ2v) is 9.44. The summed E-state index contributed by atoms with van der Waals surface area (Å²) in [5.74, 6) is 0.477. The zero-order valence-electron chi connectivity index (χ0n) is 21.3. The summed E-state index contributed by atoms with van der Waals surface area (Å²) in [5.41, 5.74) is 4.89. The highest BCUT2D eigenvalue weighted by molar-refractivity contribution is 6.09. The first-order valence-electron chi connectivity index (χ1n) is 12.5. The highest BCUT2D eigenvalue weighted by atomic mass is 16.5. The first-order chi connectivity index (χ1) is 18.0. The Morgan fingerprint density at radius 2 is 1.54 bits per heavy atom. The smallest absolute Gasteiger partial charge is 0.258 e. The second kappa shape index (κ2) is 10.3. The molecule has 186 valence electrons. The molecule has 0 fully saturated rings. The van der Waals surface area contributed by atoms with Crippen molar-refractivity contribution in [3.63, 3.8) is 0 Å². The number of ether oxygens (including phenoxy) is 1. The maximum Gasteiger partial charge on any atom is 0.258 e. The Morgan fingerprint density at radius 3 is 2.27 bits per heavy atom. The van der Waals surface area contributed by atoms with Crippen molar-refractivity contribution in [3.8, 4) is 5.75 Å². The molecule has 4 aromatic rings. The number of methoxy groups -OCH3 is 1. The maximum absolute atomic E-state index is 14.1. The van der Waals surface area contributed by atoms with Crippen LogP contribution in [-0.2, 0) is 0 Å². The van der Waals surface area contributed by atoms with Gasteiger partial charge in [-0.25, -0.2) is 0 Å². The largest absolute Gasteiger partial charge is 0.497 e. The molecule has 0 spiro atoms. The number of carbonyl (C=O) groups excluding carboxylic acids is 2. The number of aryl methyl sites for hydroxylation is 1. The van der Waals surface area contributed by atoms with Gasteiger partial charge < -0.3 is 14.5 Å². The molecule has 4 aromatic carbocycles. The fourth-order valence-corrected chi connectivity index (χ4v) is 5.09. The lowest BCUT2D eigenvalue weighted by Crippen LogP contribution is -2.47. The lowest BCUT2D eigenvalue weighted by molar-refractivity contribution is 0.0965. The Balaban J connectivity index is 1.60. The molecule has 0 saturated heterocycles. The summed E-state index contributed by atoms with van der Waals surface area (Å²) in [6.07, 6.45) is 0.596. The summed E-state index contributed by atoms with van der Waals surface area (Å²) in [4.78, 5) is 31.5. The standard InChI is InChI=1S/C32H30N2O3/c1-22-16-18-24(19-17-22)31(35)33-23(2)20-30(28-14-7-8-15-29(28)33)34(26-11-5-4-6-12-26)32(36)25-10-9-13-27(21-25)37-3/h4-19,21,23,30H,20H2,1-3H3/t23-,30-/m0/s1. The number of fused-ring (bicyclic) bond motifs is 1. The molecule has 0 radical (unpaired) electrons. The molecule has 37 heavy (non-hydrogen) atoms. The van der Waals surface area contributed by atoms with Gasteiger partial charge in [0.05, 0.1) is 13.2 Å². The van der Waals surface area contributed by atoms with Crippen molar-refractivity contribution < 1.29 is 14.3 Å². The monoisotopic (exact) mass is 490 g/mol. The summed E-state index contributed by atoms with van der Waals surface area (Å²) >= 11 is 0. The minimum Gasteiger partial charge on any atom is -0.497 e. The Hall–Kier alpha value is -4.38. The molecule has 1 heterocycles. The van der Waals surface area contributed by atoms with Gasteiger partial charge in [-0.1, -0.05) is 60.2 Å². The van der Waals surface area contributed by atoms with Crippen LogP contribution in [0.15, 0.2) is 103 Å². The lowest BCUT2D eigenvalue weighted by atomic mass is 9.89. The van der Waals surface area contributed by atoms with Gasteiger partial charge in [-0.15, -0.1) is 0 Å². The van der Waals surface area contributed by atoms with Gasteiger partial charge in [-0.2, -0.15) is 0 Å². The van der Waals surface area contributed by atoms with Gasteiger partial charge in [-0.05, 0) is 74.4 Å². The van der Waals surface area contributed by atoms with Crippen LogP contribution >= 0.6 is 0 Å². The predicted octanol–water partition coefficient (Wildman–Crippen LogP) is 6.83. The molecule has 1 aliphatic rings. The van der Waals surface area contributed by atoms with Crippen LogP contribution in [0.5, 0.6) is 5.75 Å². The third-order valence-electron chi connectivity index (χ3n) is 6.96. The molecule has 0 aliphatic carbocycles. The summed E-state index contributed by atoms with van der Waals surface area (Å²) in [5, 5.41) is 0. The summed E-state index contributed by atoms with van der Waals surface area (Å²) in [6, 6.07) is 32.2. The number of nitrogens with zero attached hydrogens (tertiary/aromatic N) is 2. The summed E-state index contributed by atoms with van der Waals surface area (Å²) < 4.78 is 5.38. The first kappa shape index (κ1) is 24.3. The topological polar surface area (TPSA) is 49.9 Å². The molecule has 2 amide bonds. The van der Waals surface area contributed by atoms with Crippen LogP contribution in [0.2, 0.25) is 0 Å². The van der Waals surface area contributed by atoms with Crippen LogP contribution in [-0.4, -0.2) is 25.0 Å². The first-order valence-corrected chi connectivity index (χ1v) is 12.5. The van der Waals surface area contributed by atoms with Gasteiger partial charge >= 0.3 is 0 Å². The molecule has 1 aliphatic heterocycles. The highest BCUT2D eigenvalue weighted by Crippen LogP contribution is 2.43. The summed E-state index contributed by atoms with van der Waals surface area (Å²) in [6.45, 7) is 4.06. The predicted molar refractivity (Wildman–Crippen MR) is 147 cm³/mol. The molecule has 0 aromatic heterocycles. The number of benzene rings is 4. The van der Waals surface area contributed by atoms with E-state index >= 15 is 0 Å². The van der Waals surface area contributed by atoms with Crippen molar-refractivity contribution >= 4 is 23.2 Å². The molecule has 5 rings (SSSR count). The minimum absolute atomic E-state index is 0.0382. The van der Waals surface area contributed by atoms with Gasteiger partial charge in [0.15, 0.2) is 0 Å². The Morgan fingerprint density at radius 1 is 0.838 bits per heavy atom. The zero-order valence-corrected chi connectivity index (χ0v) is 21.3. The van der Waals surface area contributed by atoms with E-state index in [1.54, 1.807) is 13.2 Å². The van der Waals surface area contributed by atoms with Crippen LogP contribution in [0.4, 0.5) is 11.4 Å². The van der Waals surface area contributed by atoms with Crippen LogP contribution in [0.3, 0.4) is 0 Å². The number of para-hydroxylation sites is 2. The van der Waals surface area contributed by atoms with Crippen LogP contribution in [0.25, 0.3) is 0 Å². The number of anilines is 2. The fourth-order valence-electron chi connectivity index (χ4n) is 5.09. The quantitative estimate of drug-likeness (QED) is 0.308. The Kier molecular flexibility index (Phi) is 6.78. The van der Waals surface area contributed by atoms with Crippen molar-refractivity contribution in [2.45, 2.75) is 32.4 Å². The van der Waals surface area contributed by atoms with Crippen LogP contribution < -0.4 is 14.5 Å². The molecule has 0 N–H and O–H groups in total. The SMILES string of the molecule is COc1cccc(C(=O)N(c2ccccc2)[C@H]2C[C@H](C)N(C(=O)c3ccc(C)cc3)c3ccccc32)c1. The summed E-state index contributed by atoms with van der Waals surface area (Å²) in [7, 11) is 1.59. The van der Waals surface area contributed by atoms with Crippen molar-refractivity contribution in [2.75, 3.05) is 16.9 Å². The van der Waals surface area contributed by atoms with E-state index in [0.29, 0.717) is 23.3 Å².